The first-order valence-corrected chi connectivity index (χ1v) is 12.4. The van der Waals surface area contributed by atoms with Gasteiger partial charge in [0.1, 0.15) is 11.6 Å². The SMILES string of the molecule is CCn1c(C)nc2cc(C(=O)NN=Cc3c(C)nn4c3nc(N3CCCC3)c3ccccc34)ccc21. The lowest BCUT2D eigenvalue weighted by Gasteiger charge is -2.19. The molecule has 0 spiro atoms. The summed E-state index contributed by atoms with van der Waals surface area (Å²) in [6, 6.07) is 13.8. The molecule has 0 radical (unpaired) electrons. The molecule has 0 aliphatic carbocycles. The van der Waals surface area contributed by atoms with Crippen LogP contribution in [0.5, 0.6) is 0 Å². The molecule has 182 valence electrons. The largest absolute Gasteiger partial charge is 0.356 e. The molecule has 1 aliphatic rings. The molecule has 1 fully saturated rings. The Morgan fingerprint density at radius 1 is 1.08 bits per heavy atom. The third kappa shape index (κ3) is 3.59. The number of hydrogen-bond donors (Lipinski definition) is 1. The predicted molar refractivity (Wildman–Crippen MR) is 142 cm³/mol. The van der Waals surface area contributed by atoms with E-state index in [1.54, 1.807) is 18.3 Å². The fourth-order valence-corrected chi connectivity index (χ4v) is 5.14. The average molecular weight is 481 g/mol. The standard InChI is InChI=1S/C27H28N8O/c1-4-34-18(3)29-22-15-19(11-12-24(22)34)27(36)31-28-16-21-17(2)32-35-23-10-6-5-9-20(23)25(30-26(21)35)33-13-7-8-14-33/h5-6,9-12,15-16H,4,7-8,13-14H2,1-3H3,(H,31,36). The third-order valence-electron chi connectivity index (χ3n) is 6.95. The van der Waals surface area contributed by atoms with E-state index in [-0.39, 0.29) is 5.91 Å². The molecule has 0 unspecified atom stereocenters. The zero-order chi connectivity index (χ0) is 24.8. The van der Waals surface area contributed by atoms with Crippen molar-refractivity contribution in [2.45, 2.75) is 40.2 Å². The maximum absolute atomic E-state index is 12.8. The number of hydrogen-bond acceptors (Lipinski definition) is 6. The van der Waals surface area contributed by atoms with E-state index in [9.17, 15) is 4.79 Å². The number of aromatic nitrogens is 5. The van der Waals surface area contributed by atoms with Crippen molar-refractivity contribution in [2.75, 3.05) is 18.0 Å². The average Bonchev–Trinajstić information content (AvgIpc) is 3.60. The summed E-state index contributed by atoms with van der Waals surface area (Å²) in [6.45, 7) is 8.82. The molecule has 5 aromatic rings. The number of para-hydroxylation sites is 1. The fraction of sp³-hybridized carbons (Fsp3) is 0.296. The molecule has 1 N–H and O–H groups in total. The lowest BCUT2D eigenvalue weighted by atomic mass is 10.2. The molecule has 36 heavy (non-hydrogen) atoms. The summed E-state index contributed by atoms with van der Waals surface area (Å²) in [5, 5.41) is 10.1. The van der Waals surface area contributed by atoms with Gasteiger partial charge in [0, 0.05) is 30.6 Å². The van der Waals surface area contributed by atoms with Crippen LogP contribution in [-0.2, 0) is 6.54 Å². The van der Waals surface area contributed by atoms with Crippen LogP contribution in [0.4, 0.5) is 5.82 Å². The Morgan fingerprint density at radius 3 is 2.69 bits per heavy atom. The van der Waals surface area contributed by atoms with Crippen LogP contribution in [0.15, 0.2) is 47.6 Å². The maximum atomic E-state index is 12.8. The first-order valence-electron chi connectivity index (χ1n) is 12.4. The highest BCUT2D eigenvalue weighted by Gasteiger charge is 2.21. The highest BCUT2D eigenvalue weighted by molar-refractivity contribution is 5.99. The molecule has 2 aromatic carbocycles. The molecule has 1 aliphatic heterocycles. The number of imidazole rings is 1. The van der Waals surface area contributed by atoms with Gasteiger partial charge in [-0.05, 0) is 63.9 Å². The molecule has 1 saturated heterocycles. The number of aryl methyl sites for hydroxylation is 3. The molecule has 0 bridgehead atoms. The number of amides is 1. The van der Waals surface area contributed by atoms with Gasteiger partial charge in [-0.1, -0.05) is 12.1 Å². The van der Waals surface area contributed by atoms with E-state index in [0.29, 0.717) is 5.56 Å². The quantitative estimate of drug-likeness (QED) is 0.300. The van der Waals surface area contributed by atoms with E-state index in [4.69, 9.17) is 10.1 Å². The molecule has 1 amide bonds. The summed E-state index contributed by atoms with van der Waals surface area (Å²) >= 11 is 0. The van der Waals surface area contributed by atoms with E-state index in [1.807, 2.05) is 36.6 Å². The number of fused-ring (bicyclic) bond motifs is 4. The van der Waals surface area contributed by atoms with Crippen LogP contribution in [0.3, 0.4) is 0 Å². The van der Waals surface area contributed by atoms with Crippen molar-refractivity contribution in [3.63, 3.8) is 0 Å². The number of nitrogens with one attached hydrogen (secondary N) is 1. The molecule has 6 rings (SSSR count). The highest BCUT2D eigenvalue weighted by atomic mass is 16.2. The second-order valence-electron chi connectivity index (χ2n) is 9.19. The summed E-state index contributed by atoms with van der Waals surface area (Å²) in [7, 11) is 0. The minimum atomic E-state index is -0.290. The maximum Gasteiger partial charge on any atom is 0.271 e. The topological polar surface area (TPSA) is 92.7 Å². The van der Waals surface area contributed by atoms with Gasteiger partial charge in [0.15, 0.2) is 5.65 Å². The normalized spacial score (nSPS) is 14.1. The molecule has 9 heteroatoms. The lowest BCUT2D eigenvalue weighted by molar-refractivity contribution is 0.0955. The highest BCUT2D eigenvalue weighted by Crippen LogP contribution is 2.30. The first kappa shape index (κ1) is 22.2. The van der Waals surface area contributed by atoms with Crippen molar-refractivity contribution in [3.05, 3.63) is 65.1 Å². The first-order chi connectivity index (χ1) is 17.5. The van der Waals surface area contributed by atoms with Crippen LogP contribution in [-0.4, -0.2) is 49.4 Å². The van der Waals surface area contributed by atoms with Gasteiger partial charge in [0.2, 0.25) is 0 Å². The van der Waals surface area contributed by atoms with Crippen LogP contribution in [0, 0.1) is 13.8 Å². The van der Waals surface area contributed by atoms with Crippen molar-refractivity contribution in [2.24, 2.45) is 5.10 Å². The Hall–Kier alpha value is -4.27. The minimum Gasteiger partial charge on any atom is -0.356 e. The monoisotopic (exact) mass is 480 g/mol. The fourth-order valence-electron chi connectivity index (χ4n) is 5.14. The Kier molecular flexibility index (Phi) is 5.40. The van der Waals surface area contributed by atoms with E-state index >= 15 is 0 Å². The van der Waals surface area contributed by atoms with E-state index < -0.39 is 0 Å². The van der Waals surface area contributed by atoms with E-state index in [2.05, 4.69) is 44.0 Å². The number of nitrogens with zero attached hydrogens (tertiary/aromatic N) is 7. The predicted octanol–water partition coefficient (Wildman–Crippen LogP) is 4.23. The van der Waals surface area contributed by atoms with Gasteiger partial charge in [-0.3, -0.25) is 4.79 Å². The van der Waals surface area contributed by atoms with Gasteiger partial charge >= 0.3 is 0 Å². The Morgan fingerprint density at radius 2 is 1.89 bits per heavy atom. The Labute approximate surface area is 208 Å². The van der Waals surface area contributed by atoms with Gasteiger partial charge in [0.05, 0.1) is 34.0 Å². The molecule has 0 saturated carbocycles. The lowest BCUT2D eigenvalue weighted by Crippen LogP contribution is -2.20. The number of benzene rings is 2. The zero-order valence-corrected chi connectivity index (χ0v) is 20.7. The van der Waals surface area contributed by atoms with Gasteiger partial charge in [-0.2, -0.15) is 10.2 Å². The number of carbonyl (C=O) groups excluding carboxylic acids is 1. The van der Waals surface area contributed by atoms with Crippen LogP contribution in [0.2, 0.25) is 0 Å². The van der Waals surface area contributed by atoms with Crippen molar-refractivity contribution in [1.29, 1.82) is 0 Å². The van der Waals surface area contributed by atoms with E-state index in [0.717, 1.165) is 70.1 Å². The van der Waals surface area contributed by atoms with E-state index in [1.165, 1.54) is 12.8 Å². The van der Waals surface area contributed by atoms with Gasteiger partial charge in [0.25, 0.3) is 5.91 Å². The number of anilines is 1. The van der Waals surface area contributed by atoms with Gasteiger partial charge < -0.3 is 9.47 Å². The molecular weight excluding hydrogens is 452 g/mol. The van der Waals surface area contributed by atoms with Crippen LogP contribution in [0.25, 0.3) is 27.6 Å². The van der Waals surface area contributed by atoms with Crippen LogP contribution in [0.1, 0.15) is 47.2 Å². The summed E-state index contributed by atoms with van der Waals surface area (Å²) in [5.74, 6) is 1.62. The van der Waals surface area contributed by atoms with Crippen LogP contribution < -0.4 is 10.3 Å². The Bertz CT molecular complexity index is 1660. The summed E-state index contributed by atoms with van der Waals surface area (Å²) < 4.78 is 3.99. The number of carbonyl (C=O) groups is 1. The molecule has 9 nitrogen and oxygen atoms in total. The molecule has 3 aromatic heterocycles. The second-order valence-corrected chi connectivity index (χ2v) is 9.19. The van der Waals surface area contributed by atoms with Crippen molar-refractivity contribution in [3.8, 4) is 0 Å². The zero-order valence-electron chi connectivity index (χ0n) is 20.7. The molecule has 4 heterocycles. The Balaban J connectivity index is 1.33. The number of hydrazone groups is 1. The van der Waals surface area contributed by atoms with Gasteiger partial charge in [-0.25, -0.2) is 19.9 Å². The summed E-state index contributed by atoms with van der Waals surface area (Å²) in [4.78, 5) is 24.8. The van der Waals surface area contributed by atoms with Crippen LogP contribution >= 0.6 is 0 Å². The van der Waals surface area contributed by atoms with Crippen molar-refractivity contribution < 1.29 is 4.79 Å². The smallest absolute Gasteiger partial charge is 0.271 e. The van der Waals surface area contributed by atoms with Gasteiger partial charge in [-0.15, -0.1) is 0 Å². The third-order valence-corrected chi connectivity index (χ3v) is 6.95. The summed E-state index contributed by atoms with van der Waals surface area (Å²) in [5.41, 5.74) is 8.31. The second kappa shape index (κ2) is 8.75. The number of rotatable bonds is 5. The molecular formula is C27H28N8O. The van der Waals surface area contributed by atoms with Crippen molar-refractivity contribution in [1.82, 2.24) is 29.6 Å². The summed E-state index contributed by atoms with van der Waals surface area (Å²) in [6.07, 6.45) is 3.98. The minimum absolute atomic E-state index is 0.290. The molecule has 0 atom stereocenters. The van der Waals surface area contributed by atoms with Crippen molar-refractivity contribution >= 4 is 45.5 Å².